The number of rotatable bonds is 3. The monoisotopic (exact) mass is 332 g/mol. The number of pyridine rings is 1. The van der Waals surface area contributed by atoms with Gasteiger partial charge in [-0.3, -0.25) is 0 Å². The fraction of sp³-hybridized carbons (Fsp3) is 0.643. The molecule has 1 aliphatic heterocycles. The van der Waals surface area contributed by atoms with Crippen molar-refractivity contribution < 1.29 is 13.2 Å². The summed E-state index contributed by atoms with van der Waals surface area (Å²) in [6, 6.07) is 3.62. The van der Waals surface area contributed by atoms with E-state index in [1.165, 1.54) is 6.26 Å². The van der Waals surface area contributed by atoms with E-state index in [9.17, 15) is 8.42 Å². The zero-order valence-corrected chi connectivity index (χ0v) is 14.3. The first-order valence-electron chi connectivity index (χ1n) is 6.85. The Kier molecular flexibility index (Phi) is 4.52. The zero-order valence-electron chi connectivity index (χ0n) is 12.8. The van der Waals surface area contributed by atoms with Crippen molar-refractivity contribution in [2.24, 2.45) is 0 Å². The van der Waals surface area contributed by atoms with Crippen molar-refractivity contribution in [1.29, 1.82) is 0 Å². The van der Waals surface area contributed by atoms with Gasteiger partial charge in [0.25, 0.3) is 0 Å². The first-order valence-corrected chi connectivity index (χ1v) is 9.12. The molecule has 0 bridgehead atoms. The molecule has 1 aromatic rings. The third-order valence-corrected chi connectivity index (χ3v) is 6.35. The SMILES string of the molecule is C[C@@H]1COCCN1c1cc(C(C)(C)S(C)(=O)=O)cc(Cl)n1. The van der Waals surface area contributed by atoms with Gasteiger partial charge in [0.15, 0.2) is 9.84 Å². The Bertz CT molecular complexity index is 631. The Hall–Kier alpha value is -0.850. The second-order valence-corrected chi connectivity index (χ2v) is 8.89. The molecule has 1 fully saturated rings. The number of aromatic nitrogens is 1. The summed E-state index contributed by atoms with van der Waals surface area (Å²) >= 11 is 6.11. The summed E-state index contributed by atoms with van der Waals surface area (Å²) in [5.74, 6) is 0.699. The highest BCUT2D eigenvalue weighted by Gasteiger charge is 2.34. The highest BCUT2D eigenvalue weighted by atomic mass is 35.5. The molecule has 0 aromatic carbocycles. The number of sulfone groups is 1. The average molecular weight is 333 g/mol. The Balaban J connectivity index is 2.47. The minimum Gasteiger partial charge on any atom is -0.377 e. The maximum absolute atomic E-state index is 12.0. The number of anilines is 1. The second kappa shape index (κ2) is 5.74. The molecule has 1 saturated heterocycles. The summed E-state index contributed by atoms with van der Waals surface area (Å²) in [7, 11) is -3.26. The van der Waals surface area contributed by atoms with Crippen LogP contribution < -0.4 is 4.90 Å². The molecule has 0 aliphatic carbocycles. The summed E-state index contributed by atoms with van der Waals surface area (Å²) in [5.41, 5.74) is 0.652. The lowest BCUT2D eigenvalue weighted by molar-refractivity contribution is 0.0985. The number of hydrogen-bond acceptors (Lipinski definition) is 5. The van der Waals surface area contributed by atoms with Crippen molar-refractivity contribution in [2.75, 3.05) is 30.9 Å². The van der Waals surface area contributed by atoms with Gasteiger partial charge in [-0.15, -0.1) is 0 Å². The number of hydrogen-bond donors (Lipinski definition) is 0. The maximum Gasteiger partial charge on any atom is 0.156 e. The van der Waals surface area contributed by atoms with Crippen LogP contribution in [0, 0.1) is 0 Å². The van der Waals surface area contributed by atoms with Crippen LogP contribution >= 0.6 is 11.6 Å². The molecule has 7 heteroatoms. The molecule has 0 amide bonds. The number of ether oxygens (including phenoxy) is 1. The zero-order chi connectivity index (χ0) is 15.8. The Labute approximate surface area is 131 Å². The Morgan fingerprint density at radius 3 is 2.67 bits per heavy atom. The molecule has 21 heavy (non-hydrogen) atoms. The molecule has 0 N–H and O–H groups in total. The molecule has 118 valence electrons. The van der Waals surface area contributed by atoms with Gasteiger partial charge in [-0.25, -0.2) is 13.4 Å². The summed E-state index contributed by atoms with van der Waals surface area (Å²) in [6.45, 7) is 7.37. The van der Waals surface area contributed by atoms with Crippen LogP contribution in [0.25, 0.3) is 0 Å². The van der Waals surface area contributed by atoms with Gasteiger partial charge < -0.3 is 9.64 Å². The maximum atomic E-state index is 12.0. The van der Waals surface area contributed by atoms with Gasteiger partial charge in [-0.2, -0.15) is 0 Å². The van der Waals surface area contributed by atoms with Gasteiger partial charge >= 0.3 is 0 Å². The van der Waals surface area contributed by atoms with Crippen LogP contribution in [0.2, 0.25) is 5.15 Å². The van der Waals surface area contributed by atoms with E-state index < -0.39 is 14.6 Å². The normalized spacial score (nSPS) is 20.6. The van der Waals surface area contributed by atoms with Gasteiger partial charge in [0.1, 0.15) is 11.0 Å². The van der Waals surface area contributed by atoms with Gasteiger partial charge in [0.05, 0.1) is 24.0 Å². The van der Waals surface area contributed by atoms with Gasteiger partial charge in [0.2, 0.25) is 0 Å². The summed E-state index contributed by atoms with van der Waals surface area (Å²) in [6.07, 6.45) is 1.23. The van der Waals surface area contributed by atoms with E-state index in [0.29, 0.717) is 36.3 Å². The van der Waals surface area contributed by atoms with Gasteiger partial charge in [-0.1, -0.05) is 11.6 Å². The summed E-state index contributed by atoms with van der Waals surface area (Å²) < 4.78 is 28.4. The van der Waals surface area contributed by atoms with Crippen LogP contribution in [-0.2, 0) is 19.3 Å². The van der Waals surface area contributed by atoms with Crippen LogP contribution in [-0.4, -0.2) is 45.5 Å². The largest absolute Gasteiger partial charge is 0.377 e. The van der Waals surface area contributed by atoms with Crippen LogP contribution in [0.1, 0.15) is 26.3 Å². The van der Waals surface area contributed by atoms with Crippen LogP contribution in [0.15, 0.2) is 12.1 Å². The lowest BCUT2D eigenvalue weighted by Gasteiger charge is -2.35. The molecule has 0 spiro atoms. The Morgan fingerprint density at radius 1 is 1.43 bits per heavy atom. The van der Waals surface area contributed by atoms with Crippen molar-refractivity contribution >= 4 is 27.3 Å². The van der Waals surface area contributed by atoms with E-state index in [4.69, 9.17) is 16.3 Å². The highest BCUT2D eigenvalue weighted by molar-refractivity contribution is 7.91. The fourth-order valence-corrected chi connectivity index (χ4v) is 3.01. The standard InChI is InChI=1S/C14H21ClN2O3S/c1-10-9-20-6-5-17(10)13-8-11(7-12(15)16-13)14(2,3)21(4,18)19/h7-8,10H,5-6,9H2,1-4H3/t10-/m1/s1. The van der Waals surface area contributed by atoms with Crippen molar-refractivity contribution in [1.82, 2.24) is 4.98 Å². The first-order chi connectivity index (χ1) is 9.63. The van der Waals surface area contributed by atoms with E-state index in [-0.39, 0.29) is 6.04 Å². The smallest absolute Gasteiger partial charge is 0.156 e. The van der Waals surface area contributed by atoms with E-state index in [1.807, 2.05) is 13.0 Å². The van der Waals surface area contributed by atoms with Crippen LogP contribution in [0.4, 0.5) is 5.82 Å². The first kappa shape index (κ1) is 16.5. The number of nitrogens with zero attached hydrogens (tertiary/aromatic N) is 2. The number of halogens is 1. The van der Waals surface area contributed by atoms with Gasteiger partial charge in [0, 0.05) is 12.8 Å². The summed E-state index contributed by atoms with van der Waals surface area (Å²) in [4.78, 5) is 6.44. The quantitative estimate of drug-likeness (QED) is 0.794. The molecule has 0 unspecified atom stereocenters. The van der Waals surface area contributed by atoms with E-state index in [1.54, 1.807) is 19.9 Å². The Morgan fingerprint density at radius 2 is 2.10 bits per heavy atom. The molecule has 2 rings (SSSR count). The van der Waals surface area contributed by atoms with Gasteiger partial charge in [-0.05, 0) is 38.5 Å². The fourth-order valence-electron chi connectivity index (χ4n) is 2.26. The van der Waals surface area contributed by atoms with Crippen molar-refractivity contribution in [2.45, 2.75) is 31.6 Å². The minimum absolute atomic E-state index is 0.180. The second-order valence-electron chi connectivity index (χ2n) is 5.94. The van der Waals surface area contributed by atoms with Crippen LogP contribution in [0.3, 0.4) is 0 Å². The predicted octanol–water partition coefficient (Wildman–Crippen LogP) is 2.24. The van der Waals surface area contributed by atoms with E-state index in [2.05, 4.69) is 9.88 Å². The molecule has 1 aromatic heterocycles. The molecule has 0 saturated carbocycles. The van der Waals surface area contributed by atoms with E-state index in [0.717, 1.165) is 0 Å². The molecule has 2 heterocycles. The topological polar surface area (TPSA) is 59.5 Å². The molecular weight excluding hydrogens is 312 g/mol. The minimum atomic E-state index is -3.26. The average Bonchev–Trinajstić information content (AvgIpc) is 2.37. The number of morpholine rings is 1. The van der Waals surface area contributed by atoms with Crippen molar-refractivity contribution in [3.05, 3.63) is 22.8 Å². The molecular formula is C14H21ClN2O3S. The molecule has 0 radical (unpaired) electrons. The molecule has 5 nitrogen and oxygen atoms in total. The highest BCUT2D eigenvalue weighted by Crippen LogP contribution is 2.33. The van der Waals surface area contributed by atoms with Crippen molar-refractivity contribution in [3.63, 3.8) is 0 Å². The predicted molar refractivity (Wildman–Crippen MR) is 84.7 cm³/mol. The van der Waals surface area contributed by atoms with Crippen molar-refractivity contribution in [3.8, 4) is 0 Å². The third-order valence-electron chi connectivity index (χ3n) is 4.06. The third kappa shape index (κ3) is 3.33. The molecule has 1 aliphatic rings. The lowest BCUT2D eigenvalue weighted by atomic mass is 10.0. The lowest BCUT2D eigenvalue weighted by Crippen LogP contribution is -2.44. The van der Waals surface area contributed by atoms with E-state index >= 15 is 0 Å². The van der Waals surface area contributed by atoms with Crippen LogP contribution in [0.5, 0.6) is 0 Å². The summed E-state index contributed by atoms with van der Waals surface area (Å²) in [5, 5.41) is 0.304. The molecule has 1 atom stereocenters.